The van der Waals surface area contributed by atoms with Gasteiger partial charge in [-0.3, -0.25) is 5.10 Å². The smallest absolute Gasteiger partial charge is 0.191 e. The van der Waals surface area contributed by atoms with Crippen LogP contribution in [0.25, 0.3) is 10.9 Å². The van der Waals surface area contributed by atoms with E-state index in [9.17, 15) is 0 Å². The number of rotatable bonds is 5. The quantitative estimate of drug-likeness (QED) is 0.649. The van der Waals surface area contributed by atoms with Crippen LogP contribution < -0.4 is 0 Å². The molecule has 0 spiro atoms. The van der Waals surface area contributed by atoms with E-state index >= 15 is 0 Å². The Morgan fingerprint density at radius 3 is 2.70 bits per heavy atom. The van der Waals surface area contributed by atoms with Crippen molar-refractivity contribution in [2.75, 3.05) is 6.61 Å². The summed E-state index contributed by atoms with van der Waals surface area (Å²) in [6, 6.07) is 6.36. The number of hydrogen-bond donors (Lipinski definition) is 1. The SMILES string of the molecule is CC(C)(C)[Si](C)(C)OCCCc1cccc2cn[nH]c12. The molecule has 2 rings (SSSR count). The summed E-state index contributed by atoms with van der Waals surface area (Å²) in [5.74, 6) is 0. The maximum Gasteiger partial charge on any atom is 0.191 e. The molecule has 0 radical (unpaired) electrons. The van der Waals surface area contributed by atoms with E-state index in [2.05, 4.69) is 62.3 Å². The van der Waals surface area contributed by atoms with E-state index in [1.54, 1.807) is 0 Å². The van der Waals surface area contributed by atoms with Gasteiger partial charge in [-0.2, -0.15) is 5.10 Å². The van der Waals surface area contributed by atoms with Gasteiger partial charge in [-0.15, -0.1) is 0 Å². The third kappa shape index (κ3) is 3.30. The van der Waals surface area contributed by atoms with Crippen LogP contribution in [0.1, 0.15) is 32.8 Å². The Morgan fingerprint density at radius 1 is 1.25 bits per heavy atom. The lowest BCUT2D eigenvalue weighted by Gasteiger charge is -2.36. The van der Waals surface area contributed by atoms with Crippen LogP contribution in [-0.2, 0) is 10.8 Å². The lowest BCUT2D eigenvalue weighted by molar-refractivity contribution is 0.282. The van der Waals surface area contributed by atoms with Gasteiger partial charge in [-0.25, -0.2) is 0 Å². The van der Waals surface area contributed by atoms with Crippen molar-refractivity contribution in [3.05, 3.63) is 30.0 Å². The Bertz CT molecular complexity index is 569. The Morgan fingerprint density at radius 2 is 2.00 bits per heavy atom. The van der Waals surface area contributed by atoms with Gasteiger partial charge in [0.25, 0.3) is 0 Å². The van der Waals surface area contributed by atoms with Crippen molar-refractivity contribution in [2.45, 2.75) is 51.7 Å². The van der Waals surface area contributed by atoms with Gasteiger partial charge in [-0.1, -0.05) is 39.0 Å². The van der Waals surface area contributed by atoms with Crippen molar-refractivity contribution in [1.29, 1.82) is 0 Å². The van der Waals surface area contributed by atoms with Crippen LogP contribution in [0.2, 0.25) is 18.1 Å². The molecule has 1 heterocycles. The number of aromatic amines is 1. The zero-order valence-electron chi connectivity index (χ0n) is 13.3. The van der Waals surface area contributed by atoms with Crippen LogP contribution in [0, 0.1) is 0 Å². The second-order valence-corrected chi connectivity index (χ2v) is 11.8. The maximum atomic E-state index is 6.22. The number of fused-ring (bicyclic) bond motifs is 1. The molecule has 0 unspecified atom stereocenters. The summed E-state index contributed by atoms with van der Waals surface area (Å²) < 4.78 is 6.22. The number of hydrogen-bond acceptors (Lipinski definition) is 2. The number of nitrogens with one attached hydrogen (secondary N) is 1. The Hall–Kier alpha value is -1.13. The molecule has 110 valence electrons. The van der Waals surface area contributed by atoms with Crippen LogP contribution in [0.4, 0.5) is 0 Å². The van der Waals surface area contributed by atoms with E-state index in [0.717, 1.165) is 19.4 Å². The number of aromatic nitrogens is 2. The lowest BCUT2D eigenvalue weighted by atomic mass is 10.1. The molecule has 1 N–H and O–H groups in total. The second-order valence-electron chi connectivity index (χ2n) is 6.96. The fourth-order valence-electron chi connectivity index (χ4n) is 2.05. The molecule has 0 saturated carbocycles. The van der Waals surface area contributed by atoms with Crippen molar-refractivity contribution in [3.63, 3.8) is 0 Å². The molecule has 2 aromatic rings. The largest absolute Gasteiger partial charge is 0.417 e. The second kappa shape index (κ2) is 5.70. The van der Waals surface area contributed by atoms with Crippen LogP contribution in [0.5, 0.6) is 0 Å². The normalized spacial score (nSPS) is 13.1. The average Bonchev–Trinajstić information content (AvgIpc) is 2.82. The highest BCUT2D eigenvalue weighted by Crippen LogP contribution is 2.36. The number of para-hydroxylation sites is 1. The first-order valence-electron chi connectivity index (χ1n) is 7.36. The van der Waals surface area contributed by atoms with Crippen molar-refractivity contribution < 1.29 is 4.43 Å². The van der Waals surface area contributed by atoms with Crippen molar-refractivity contribution >= 4 is 19.2 Å². The van der Waals surface area contributed by atoms with Gasteiger partial charge < -0.3 is 4.43 Å². The minimum absolute atomic E-state index is 0.288. The zero-order valence-corrected chi connectivity index (χ0v) is 14.3. The number of benzene rings is 1. The lowest BCUT2D eigenvalue weighted by Crippen LogP contribution is -2.41. The van der Waals surface area contributed by atoms with E-state index in [0.29, 0.717) is 0 Å². The van der Waals surface area contributed by atoms with E-state index in [1.165, 1.54) is 16.5 Å². The average molecular weight is 290 g/mol. The standard InChI is InChI=1S/C16H26N2OSi/c1-16(2,3)20(4,5)19-11-7-10-13-8-6-9-14-12-17-18-15(13)14/h6,8-9,12H,7,10-11H2,1-5H3,(H,17,18). The van der Waals surface area contributed by atoms with Gasteiger partial charge in [-0.05, 0) is 36.5 Å². The first kappa shape index (κ1) is 15.3. The third-order valence-electron chi connectivity index (χ3n) is 4.42. The molecule has 0 aliphatic carbocycles. The van der Waals surface area contributed by atoms with E-state index < -0.39 is 8.32 Å². The Labute approximate surface area is 122 Å². The number of H-pyrrole nitrogens is 1. The first-order valence-corrected chi connectivity index (χ1v) is 10.3. The molecule has 1 aromatic heterocycles. The minimum Gasteiger partial charge on any atom is -0.417 e. The monoisotopic (exact) mass is 290 g/mol. The summed E-state index contributed by atoms with van der Waals surface area (Å²) in [7, 11) is -1.60. The van der Waals surface area contributed by atoms with Crippen molar-refractivity contribution in [3.8, 4) is 0 Å². The summed E-state index contributed by atoms with van der Waals surface area (Å²) in [5.41, 5.74) is 2.50. The van der Waals surface area contributed by atoms with Crippen LogP contribution in [0.15, 0.2) is 24.4 Å². The van der Waals surface area contributed by atoms with Crippen molar-refractivity contribution in [1.82, 2.24) is 10.2 Å². The highest BCUT2D eigenvalue weighted by atomic mass is 28.4. The summed E-state index contributed by atoms with van der Waals surface area (Å²) in [4.78, 5) is 0. The van der Waals surface area contributed by atoms with Gasteiger partial charge in [0.2, 0.25) is 0 Å². The summed E-state index contributed by atoms with van der Waals surface area (Å²) in [6.45, 7) is 12.3. The molecule has 0 aliphatic rings. The highest BCUT2D eigenvalue weighted by molar-refractivity contribution is 6.74. The highest BCUT2D eigenvalue weighted by Gasteiger charge is 2.36. The minimum atomic E-state index is -1.60. The molecular weight excluding hydrogens is 264 g/mol. The molecule has 3 nitrogen and oxygen atoms in total. The summed E-state index contributed by atoms with van der Waals surface area (Å²) in [5, 5.41) is 8.68. The molecule has 0 atom stereocenters. The summed E-state index contributed by atoms with van der Waals surface area (Å²) in [6.07, 6.45) is 3.98. The molecule has 20 heavy (non-hydrogen) atoms. The van der Waals surface area contributed by atoms with E-state index in [-0.39, 0.29) is 5.04 Å². The molecular formula is C16H26N2OSi. The Kier molecular flexibility index (Phi) is 4.35. The van der Waals surface area contributed by atoms with Crippen LogP contribution >= 0.6 is 0 Å². The van der Waals surface area contributed by atoms with Gasteiger partial charge >= 0.3 is 0 Å². The van der Waals surface area contributed by atoms with Crippen LogP contribution in [-0.4, -0.2) is 25.1 Å². The van der Waals surface area contributed by atoms with Gasteiger partial charge in [0.1, 0.15) is 0 Å². The molecule has 1 aromatic carbocycles. The maximum absolute atomic E-state index is 6.22. The third-order valence-corrected chi connectivity index (χ3v) is 8.96. The predicted molar refractivity (Wildman–Crippen MR) is 87.6 cm³/mol. The van der Waals surface area contributed by atoms with Crippen LogP contribution in [0.3, 0.4) is 0 Å². The molecule has 0 fully saturated rings. The molecule has 0 bridgehead atoms. The first-order chi connectivity index (χ1) is 9.31. The van der Waals surface area contributed by atoms with Gasteiger partial charge in [0, 0.05) is 12.0 Å². The zero-order chi connectivity index (χ0) is 14.8. The number of nitrogens with zero attached hydrogens (tertiary/aromatic N) is 1. The molecule has 0 amide bonds. The molecule has 0 saturated heterocycles. The molecule has 0 aliphatic heterocycles. The Balaban J connectivity index is 1.89. The summed E-state index contributed by atoms with van der Waals surface area (Å²) >= 11 is 0. The van der Waals surface area contributed by atoms with E-state index in [4.69, 9.17) is 4.43 Å². The van der Waals surface area contributed by atoms with Crippen molar-refractivity contribution in [2.24, 2.45) is 0 Å². The van der Waals surface area contributed by atoms with Gasteiger partial charge in [0.15, 0.2) is 8.32 Å². The fraction of sp³-hybridized carbons (Fsp3) is 0.562. The fourth-order valence-corrected chi connectivity index (χ4v) is 3.13. The van der Waals surface area contributed by atoms with Gasteiger partial charge in [0.05, 0.1) is 11.7 Å². The topological polar surface area (TPSA) is 37.9 Å². The predicted octanol–water partition coefficient (Wildman–Crippen LogP) is 4.52. The molecule has 4 heteroatoms. The number of aryl methyl sites for hydroxylation is 1. The van der Waals surface area contributed by atoms with E-state index in [1.807, 2.05) is 6.20 Å².